The standard InChI is InChI=1S/C25H26FN5O2/c1-15-9-16(2)11-19(10-15)29-12-17(3)13-30-21-22(27-24(29)30)28(4)25(33)31(23(21)32)14-18-7-5-6-8-20(18)26/h5-11,17H,12-14H2,1-4H3/t17-/m1/s1. The fraction of sp³-hybridized carbons (Fsp3) is 0.320. The Morgan fingerprint density at radius 3 is 2.45 bits per heavy atom. The Kier molecular flexibility index (Phi) is 4.96. The van der Waals surface area contributed by atoms with Gasteiger partial charge in [-0.15, -0.1) is 0 Å². The zero-order valence-electron chi connectivity index (χ0n) is 19.2. The first-order chi connectivity index (χ1) is 15.7. The van der Waals surface area contributed by atoms with Crippen molar-refractivity contribution >= 4 is 22.8 Å². The third-order valence-electron chi connectivity index (χ3n) is 6.25. The Bertz CT molecular complexity index is 1490. The molecular weight excluding hydrogens is 421 g/mol. The van der Waals surface area contributed by atoms with Crippen LogP contribution in [-0.4, -0.2) is 25.2 Å². The number of fused-ring (bicyclic) bond motifs is 3. The third-order valence-corrected chi connectivity index (χ3v) is 6.25. The smallest absolute Gasteiger partial charge is 0.312 e. The summed E-state index contributed by atoms with van der Waals surface area (Å²) < 4.78 is 18.7. The predicted molar refractivity (Wildman–Crippen MR) is 127 cm³/mol. The van der Waals surface area contributed by atoms with Crippen LogP contribution in [0.15, 0.2) is 52.1 Å². The second-order valence-electron chi connectivity index (χ2n) is 9.08. The minimum absolute atomic E-state index is 0.134. The summed E-state index contributed by atoms with van der Waals surface area (Å²) in [5.41, 5.74) is 3.32. The van der Waals surface area contributed by atoms with Crippen LogP contribution in [0.3, 0.4) is 0 Å². The van der Waals surface area contributed by atoms with Crippen LogP contribution < -0.4 is 16.1 Å². The number of rotatable bonds is 3. The van der Waals surface area contributed by atoms with Crippen molar-refractivity contribution in [3.8, 4) is 0 Å². The van der Waals surface area contributed by atoms with Crippen molar-refractivity contribution in [3.05, 3.63) is 85.8 Å². The van der Waals surface area contributed by atoms with Gasteiger partial charge in [-0.1, -0.05) is 31.2 Å². The van der Waals surface area contributed by atoms with Crippen molar-refractivity contribution in [3.63, 3.8) is 0 Å². The van der Waals surface area contributed by atoms with E-state index in [1.54, 1.807) is 25.2 Å². The molecule has 1 aliphatic rings. The number of imidazole rings is 1. The fourth-order valence-electron chi connectivity index (χ4n) is 4.77. The fourth-order valence-corrected chi connectivity index (χ4v) is 4.77. The van der Waals surface area contributed by atoms with Gasteiger partial charge in [0.15, 0.2) is 11.2 Å². The van der Waals surface area contributed by atoms with Gasteiger partial charge in [0, 0.05) is 31.4 Å². The van der Waals surface area contributed by atoms with Crippen molar-refractivity contribution in [1.29, 1.82) is 0 Å². The number of aryl methyl sites for hydroxylation is 3. The van der Waals surface area contributed by atoms with Crippen LogP contribution in [0, 0.1) is 25.6 Å². The van der Waals surface area contributed by atoms with Gasteiger partial charge in [-0.2, -0.15) is 4.98 Å². The summed E-state index contributed by atoms with van der Waals surface area (Å²) in [5.74, 6) is 0.452. The second kappa shape index (κ2) is 7.72. The highest BCUT2D eigenvalue weighted by Crippen LogP contribution is 2.33. The first-order valence-corrected chi connectivity index (χ1v) is 11.0. The average Bonchev–Trinajstić information content (AvgIpc) is 3.14. The van der Waals surface area contributed by atoms with Gasteiger partial charge in [-0.25, -0.2) is 9.18 Å². The van der Waals surface area contributed by atoms with Crippen molar-refractivity contribution < 1.29 is 4.39 Å². The summed E-state index contributed by atoms with van der Waals surface area (Å²) >= 11 is 0. The Labute approximate surface area is 190 Å². The molecule has 0 aliphatic carbocycles. The topological polar surface area (TPSA) is 65.1 Å². The van der Waals surface area contributed by atoms with E-state index in [1.807, 2.05) is 4.57 Å². The maximum absolute atomic E-state index is 14.3. The summed E-state index contributed by atoms with van der Waals surface area (Å²) in [5, 5.41) is 0. The quantitative estimate of drug-likeness (QED) is 0.482. The normalized spacial score (nSPS) is 15.8. The Balaban J connectivity index is 1.74. The maximum Gasteiger partial charge on any atom is 0.332 e. The molecule has 0 saturated heterocycles. The average molecular weight is 448 g/mol. The molecular formula is C25H26FN5O2. The van der Waals surface area contributed by atoms with Gasteiger partial charge < -0.3 is 9.47 Å². The number of hydrogen-bond acceptors (Lipinski definition) is 4. The zero-order chi connectivity index (χ0) is 23.4. The highest BCUT2D eigenvalue weighted by molar-refractivity contribution is 5.77. The summed E-state index contributed by atoms with van der Waals surface area (Å²) in [7, 11) is 1.60. The molecule has 1 atom stereocenters. The van der Waals surface area contributed by atoms with E-state index < -0.39 is 17.1 Å². The molecule has 0 N–H and O–H groups in total. The van der Waals surface area contributed by atoms with Gasteiger partial charge in [-0.3, -0.25) is 13.9 Å². The van der Waals surface area contributed by atoms with Gasteiger partial charge in [-0.05, 0) is 49.1 Å². The number of nitrogens with zero attached hydrogens (tertiary/aromatic N) is 5. The number of anilines is 2. The van der Waals surface area contributed by atoms with E-state index >= 15 is 0 Å². The van der Waals surface area contributed by atoms with Crippen LogP contribution in [0.25, 0.3) is 11.2 Å². The largest absolute Gasteiger partial charge is 0.332 e. The van der Waals surface area contributed by atoms with E-state index in [9.17, 15) is 14.0 Å². The third kappa shape index (κ3) is 3.46. The first kappa shape index (κ1) is 21.2. The summed E-state index contributed by atoms with van der Waals surface area (Å²) in [4.78, 5) is 33.5. The first-order valence-electron chi connectivity index (χ1n) is 11.0. The molecule has 2 aromatic carbocycles. The van der Waals surface area contributed by atoms with Gasteiger partial charge in [0.2, 0.25) is 5.95 Å². The molecule has 2 aromatic heterocycles. The number of aromatic nitrogens is 4. The molecule has 7 nitrogen and oxygen atoms in total. The Morgan fingerprint density at radius 2 is 1.76 bits per heavy atom. The minimum atomic E-state index is -0.516. The predicted octanol–water partition coefficient (Wildman–Crippen LogP) is 3.49. The SMILES string of the molecule is Cc1cc(C)cc(N2C[C@@H](C)Cn3c2nc2c3c(=O)n(Cc3ccccc3F)c(=O)n2C)c1. The highest BCUT2D eigenvalue weighted by Gasteiger charge is 2.30. The zero-order valence-corrected chi connectivity index (χ0v) is 19.2. The van der Waals surface area contributed by atoms with E-state index in [2.05, 4.69) is 43.9 Å². The van der Waals surface area contributed by atoms with E-state index in [-0.39, 0.29) is 12.5 Å². The molecule has 0 spiro atoms. The molecule has 0 fully saturated rings. The number of halogens is 1. The molecule has 33 heavy (non-hydrogen) atoms. The molecule has 170 valence electrons. The van der Waals surface area contributed by atoms with Crippen LogP contribution in [0.2, 0.25) is 0 Å². The molecule has 5 rings (SSSR count). The lowest BCUT2D eigenvalue weighted by Gasteiger charge is -2.33. The van der Waals surface area contributed by atoms with Gasteiger partial charge in [0.1, 0.15) is 5.82 Å². The van der Waals surface area contributed by atoms with Crippen molar-refractivity contribution in [2.75, 3.05) is 11.4 Å². The maximum atomic E-state index is 14.3. The van der Waals surface area contributed by atoms with E-state index in [1.165, 1.54) is 10.6 Å². The molecule has 4 aromatic rings. The van der Waals surface area contributed by atoms with E-state index in [0.717, 1.165) is 27.9 Å². The van der Waals surface area contributed by atoms with Gasteiger partial charge in [0.25, 0.3) is 5.56 Å². The summed E-state index contributed by atoms with van der Waals surface area (Å²) in [6.45, 7) is 7.47. The van der Waals surface area contributed by atoms with E-state index in [0.29, 0.717) is 29.2 Å². The van der Waals surface area contributed by atoms with Crippen LogP contribution in [0.5, 0.6) is 0 Å². The molecule has 3 heterocycles. The molecule has 1 aliphatic heterocycles. The van der Waals surface area contributed by atoms with Crippen LogP contribution in [-0.2, 0) is 20.1 Å². The summed E-state index contributed by atoms with van der Waals surface area (Å²) in [6.07, 6.45) is 0. The molecule has 0 amide bonds. The summed E-state index contributed by atoms with van der Waals surface area (Å²) in [6, 6.07) is 12.5. The number of benzene rings is 2. The van der Waals surface area contributed by atoms with Crippen LogP contribution in [0.4, 0.5) is 16.0 Å². The lowest BCUT2D eigenvalue weighted by Crippen LogP contribution is -2.40. The second-order valence-corrected chi connectivity index (χ2v) is 9.08. The lowest BCUT2D eigenvalue weighted by atomic mass is 10.1. The van der Waals surface area contributed by atoms with Gasteiger partial charge in [0.05, 0.1) is 6.54 Å². The minimum Gasteiger partial charge on any atom is -0.312 e. The Hall–Kier alpha value is -3.68. The van der Waals surface area contributed by atoms with Crippen molar-refractivity contribution in [1.82, 2.24) is 18.7 Å². The highest BCUT2D eigenvalue weighted by atomic mass is 19.1. The molecule has 0 radical (unpaired) electrons. The van der Waals surface area contributed by atoms with Crippen molar-refractivity contribution in [2.45, 2.75) is 33.9 Å². The molecule has 8 heteroatoms. The Morgan fingerprint density at radius 1 is 1.06 bits per heavy atom. The van der Waals surface area contributed by atoms with Crippen molar-refractivity contribution in [2.24, 2.45) is 13.0 Å². The molecule has 0 unspecified atom stereocenters. The molecule has 0 bridgehead atoms. The molecule has 0 saturated carbocycles. The van der Waals surface area contributed by atoms with Gasteiger partial charge >= 0.3 is 5.69 Å². The van der Waals surface area contributed by atoms with E-state index in [4.69, 9.17) is 4.98 Å². The number of hydrogen-bond donors (Lipinski definition) is 0. The monoisotopic (exact) mass is 447 g/mol. The van der Waals surface area contributed by atoms with Crippen LogP contribution >= 0.6 is 0 Å². The lowest BCUT2D eigenvalue weighted by molar-refractivity contribution is 0.458. The van der Waals surface area contributed by atoms with Crippen LogP contribution in [0.1, 0.15) is 23.6 Å².